The molecule has 0 aliphatic carbocycles. The average molecular weight is 916 g/mol. The van der Waals surface area contributed by atoms with E-state index in [0.29, 0.717) is 5.56 Å². The van der Waals surface area contributed by atoms with E-state index in [0.717, 1.165) is 6.33 Å². The highest BCUT2D eigenvalue weighted by Gasteiger charge is 2.52. The first kappa shape index (κ1) is 45.7. The second-order valence-electron chi connectivity index (χ2n) is 14.7. The van der Waals surface area contributed by atoms with Crippen LogP contribution in [0.4, 0.5) is 11.8 Å². The molecule has 0 saturated carbocycles. The molecular weight excluding hydrogens is 872 g/mol. The monoisotopic (exact) mass is 915 g/mol. The number of fused-ring (bicyclic) bond motifs is 2. The number of carbonyl (C=O) groups is 2. The number of nitrogens with one attached hydrogen (secondary N) is 3. The molecule has 25 nitrogen and oxygen atoms in total. The fourth-order valence-electron chi connectivity index (χ4n) is 7.11. The predicted molar refractivity (Wildman–Crippen MR) is 217 cm³/mol. The SMILES string of the molecule is CC(C)C(=O)Nc1nc2c(ncn2C2OC(CO)C(CO)C2OP(=O)(OCCC#N)OCC2OC(n3cnc4c(NC(=O)c5ccccc5)ncnc43)C(C)C2O[PH](=O)O)c(=O)[nH]1. The molecule has 2 saturated heterocycles. The Morgan fingerprint density at radius 3 is 2.38 bits per heavy atom. The van der Waals surface area contributed by atoms with Crippen LogP contribution in [-0.2, 0) is 41.5 Å². The minimum absolute atomic E-state index is 0.0994. The van der Waals surface area contributed by atoms with Crippen LogP contribution in [-0.4, -0.2) is 117 Å². The van der Waals surface area contributed by atoms with Gasteiger partial charge in [-0.25, -0.2) is 24.5 Å². The topological polar surface area (TPSA) is 339 Å². The fraction of sp³-hybridized carbons (Fsp3) is 0.472. The van der Waals surface area contributed by atoms with Gasteiger partial charge in [-0.3, -0.25) is 52.0 Å². The molecule has 7 rings (SSSR count). The van der Waals surface area contributed by atoms with E-state index >= 15 is 0 Å². The zero-order valence-corrected chi connectivity index (χ0v) is 35.6. The largest absolute Gasteiger partial charge is 0.475 e. The Hall–Kier alpha value is -5.35. The normalized spacial score (nSPS) is 25.0. The molecule has 2 aliphatic rings. The number of phosphoric acid groups is 1. The fourth-order valence-corrected chi connectivity index (χ4v) is 9.11. The molecule has 0 radical (unpaired) electrons. The van der Waals surface area contributed by atoms with E-state index in [1.807, 2.05) is 6.07 Å². The van der Waals surface area contributed by atoms with Crippen LogP contribution in [0.5, 0.6) is 0 Å². The molecular formula is C36H43N11O14P2. The molecule has 4 aromatic heterocycles. The Morgan fingerprint density at radius 1 is 0.984 bits per heavy atom. The minimum atomic E-state index is -4.88. The second kappa shape index (κ2) is 19.6. The number of nitrogens with zero attached hydrogens (tertiary/aromatic N) is 8. The number of ether oxygens (including phenoxy) is 2. The Bertz CT molecular complexity index is 2620. The molecule has 0 spiro atoms. The van der Waals surface area contributed by atoms with Gasteiger partial charge >= 0.3 is 16.1 Å². The smallest absolute Gasteiger partial charge is 0.396 e. The van der Waals surface area contributed by atoms with Gasteiger partial charge in [0.2, 0.25) is 11.9 Å². The molecule has 2 fully saturated rings. The van der Waals surface area contributed by atoms with Gasteiger partial charge in [-0.15, -0.1) is 0 Å². The molecule has 0 bridgehead atoms. The van der Waals surface area contributed by atoms with Gasteiger partial charge < -0.3 is 34.4 Å². The van der Waals surface area contributed by atoms with Crippen molar-refractivity contribution in [2.24, 2.45) is 17.8 Å². The molecule has 2 aliphatic heterocycles. The third-order valence-corrected chi connectivity index (χ3v) is 12.2. The van der Waals surface area contributed by atoms with Crippen molar-refractivity contribution in [2.45, 2.75) is 64.1 Å². The van der Waals surface area contributed by atoms with Gasteiger partial charge in [0.25, 0.3) is 11.5 Å². The van der Waals surface area contributed by atoms with Crippen LogP contribution < -0.4 is 16.2 Å². The Kier molecular flexibility index (Phi) is 14.2. The highest BCUT2D eigenvalue weighted by atomic mass is 31.2. The second-order valence-corrected chi connectivity index (χ2v) is 17.1. The van der Waals surface area contributed by atoms with E-state index < -0.39 is 115 Å². The summed E-state index contributed by atoms with van der Waals surface area (Å²) in [5.41, 5.74) is -0.233. The van der Waals surface area contributed by atoms with Gasteiger partial charge in [-0.1, -0.05) is 39.0 Å². The molecule has 336 valence electrons. The van der Waals surface area contributed by atoms with Crippen LogP contribution >= 0.6 is 16.1 Å². The molecule has 5 aromatic rings. The molecule has 6 N–H and O–H groups in total. The number of aliphatic hydroxyl groups excluding tert-OH is 2. The number of aliphatic hydroxyl groups is 2. The summed E-state index contributed by atoms with van der Waals surface area (Å²) in [7, 11) is -8.50. The Balaban J connectivity index is 1.16. The van der Waals surface area contributed by atoms with Crippen molar-refractivity contribution in [3.05, 3.63) is 65.2 Å². The zero-order chi connectivity index (χ0) is 45.0. The van der Waals surface area contributed by atoms with E-state index in [2.05, 4.69) is 40.5 Å². The number of aromatic nitrogens is 8. The maximum Gasteiger partial charge on any atom is 0.475 e. The van der Waals surface area contributed by atoms with Gasteiger partial charge in [0.15, 0.2) is 34.4 Å². The summed E-state index contributed by atoms with van der Waals surface area (Å²) in [5, 5.41) is 35.3. The number of hydrogen-bond acceptors (Lipinski definition) is 19. The van der Waals surface area contributed by atoms with E-state index in [-0.39, 0.29) is 40.5 Å². The number of amides is 2. The third kappa shape index (κ3) is 9.76. The quantitative estimate of drug-likeness (QED) is 0.0541. The minimum Gasteiger partial charge on any atom is -0.396 e. The van der Waals surface area contributed by atoms with Crippen molar-refractivity contribution in [2.75, 3.05) is 37.1 Å². The number of nitriles is 1. The maximum atomic E-state index is 14.7. The van der Waals surface area contributed by atoms with E-state index in [9.17, 15) is 43.9 Å². The summed E-state index contributed by atoms with van der Waals surface area (Å²) in [5.74, 6) is -3.33. The Labute approximate surface area is 357 Å². The van der Waals surface area contributed by atoms with Crippen molar-refractivity contribution in [1.82, 2.24) is 39.0 Å². The first-order valence-corrected chi connectivity index (χ1v) is 22.2. The van der Waals surface area contributed by atoms with Gasteiger partial charge in [0, 0.05) is 23.3 Å². The first-order valence-electron chi connectivity index (χ1n) is 19.4. The standard InChI is InChI=1S/C36H43N11O14P2/c1-18(2)31(50)44-36-43-30-25(33(52)45-36)41-17-47(30)35-27(21(12-48)22(13-49)58-35)61-63(55,56-11-7-10-37)57-14-23-26(60-62(53)54)19(3)34(59-23)46-16-40-24-28(38-15-39-29(24)46)42-32(51)20-8-5-4-6-9-20/h4-6,8-9,15-19,21-23,26-27,34-35,48-49,62H,7,11-14H2,1-3H3,(H,53,54)(H,38,39,42,51)(H2,43,44,45,50,52). The van der Waals surface area contributed by atoms with Gasteiger partial charge in [-0.2, -0.15) is 10.2 Å². The number of rotatable bonds is 18. The van der Waals surface area contributed by atoms with Crippen LogP contribution in [0, 0.1) is 29.1 Å². The summed E-state index contributed by atoms with van der Waals surface area (Å²) in [6.07, 6.45) is -4.00. The molecule has 10 unspecified atom stereocenters. The predicted octanol–water partition coefficient (Wildman–Crippen LogP) is 2.05. The summed E-state index contributed by atoms with van der Waals surface area (Å²) in [4.78, 5) is 72.1. The van der Waals surface area contributed by atoms with E-state index in [4.69, 9.17) is 27.6 Å². The van der Waals surface area contributed by atoms with Crippen molar-refractivity contribution >= 4 is 62.0 Å². The Morgan fingerprint density at radius 2 is 1.70 bits per heavy atom. The number of hydrogen-bond donors (Lipinski definition) is 6. The third-order valence-electron chi connectivity index (χ3n) is 10.3. The number of H-pyrrole nitrogens is 1. The number of carbonyl (C=O) groups excluding carboxylic acids is 2. The van der Waals surface area contributed by atoms with Gasteiger partial charge in [0.1, 0.15) is 30.9 Å². The lowest BCUT2D eigenvalue weighted by Gasteiger charge is -2.28. The number of imidazole rings is 2. The van der Waals surface area contributed by atoms with Gasteiger partial charge in [-0.05, 0) is 12.1 Å². The van der Waals surface area contributed by atoms with E-state index in [1.54, 1.807) is 51.1 Å². The lowest BCUT2D eigenvalue weighted by atomic mass is 9.99. The summed E-state index contributed by atoms with van der Waals surface area (Å²) in [6, 6.07) is 10.3. The summed E-state index contributed by atoms with van der Waals surface area (Å²) in [6.45, 7) is 2.45. The van der Waals surface area contributed by atoms with Gasteiger partial charge in [0.05, 0.1) is 57.7 Å². The summed E-state index contributed by atoms with van der Waals surface area (Å²) >= 11 is 0. The zero-order valence-electron chi connectivity index (χ0n) is 33.7. The number of phosphoric ester groups is 1. The highest BCUT2D eigenvalue weighted by Crippen LogP contribution is 2.56. The van der Waals surface area contributed by atoms with Crippen LogP contribution in [0.2, 0.25) is 0 Å². The number of anilines is 2. The molecule has 2 amide bonds. The van der Waals surface area contributed by atoms with Crippen LogP contribution in [0.1, 0.15) is 50.0 Å². The van der Waals surface area contributed by atoms with E-state index in [1.165, 1.54) is 21.8 Å². The maximum absolute atomic E-state index is 14.7. The lowest BCUT2D eigenvalue weighted by Crippen LogP contribution is -2.34. The van der Waals surface area contributed by atoms with Crippen LogP contribution in [0.3, 0.4) is 0 Å². The van der Waals surface area contributed by atoms with Crippen LogP contribution in [0.25, 0.3) is 22.3 Å². The van der Waals surface area contributed by atoms with Crippen molar-refractivity contribution < 1.29 is 61.4 Å². The lowest BCUT2D eigenvalue weighted by molar-refractivity contribution is -0.118. The van der Waals surface area contributed by atoms with Crippen molar-refractivity contribution in [3.8, 4) is 6.07 Å². The highest BCUT2D eigenvalue weighted by molar-refractivity contribution is 7.48. The molecule has 6 heterocycles. The van der Waals surface area contributed by atoms with Crippen LogP contribution in [0.15, 0.2) is 54.1 Å². The molecule has 10 atom stereocenters. The molecule has 27 heteroatoms. The molecule has 1 aromatic carbocycles. The van der Waals surface area contributed by atoms with Crippen molar-refractivity contribution in [1.29, 1.82) is 5.26 Å². The molecule has 63 heavy (non-hydrogen) atoms. The van der Waals surface area contributed by atoms with Crippen molar-refractivity contribution in [3.63, 3.8) is 0 Å². The number of benzene rings is 1. The average Bonchev–Trinajstić information content (AvgIpc) is 4.04. The first-order chi connectivity index (χ1) is 30.2. The summed E-state index contributed by atoms with van der Waals surface area (Å²) < 4.78 is 64.8. The number of aromatic amines is 1.